The van der Waals surface area contributed by atoms with Gasteiger partial charge in [-0.1, -0.05) is 38.1 Å². The van der Waals surface area contributed by atoms with Crippen LogP contribution in [0.2, 0.25) is 0 Å². The van der Waals surface area contributed by atoms with E-state index in [9.17, 15) is 5.11 Å². The zero-order valence-electron chi connectivity index (χ0n) is 9.83. The van der Waals surface area contributed by atoms with Gasteiger partial charge in [-0.2, -0.15) is 0 Å². The van der Waals surface area contributed by atoms with Crippen molar-refractivity contribution in [2.75, 3.05) is 0 Å². The molecule has 1 unspecified atom stereocenters. The SMILES string of the molecule is CC(C)c1ccc(C2(C(C)O)CC2)cc1. The predicted molar refractivity (Wildman–Crippen MR) is 63.1 cm³/mol. The molecule has 0 amide bonds. The topological polar surface area (TPSA) is 20.2 Å². The minimum Gasteiger partial charge on any atom is -0.392 e. The first-order valence-corrected chi connectivity index (χ1v) is 5.85. The third-order valence-electron chi connectivity index (χ3n) is 3.74. The van der Waals surface area contributed by atoms with Crippen LogP contribution in [-0.2, 0) is 5.41 Å². The van der Waals surface area contributed by atoms with Crippen LogP contribution in [0, 0.1) is 0 Å². The molecule has 1 heteroatoms. The second-order valence-electron chi connectivity index (χ2n) is 5.11. The summed E-state index contributed by atoms with van der Waals surface area (Å²) in [7, 11) is 0. The van der Waals surface area contributed by atoms with Gasteiger partial charge in [0.1, 0.15) is 0 Å². The van der Waals surface area contributed by atoms with Gasteiger partial charge in [0, 0.05) is 5.41 Å². The third kappa shape index (κ3) is 1.81. The van der Waals surface area contributed by atoms with E-state index >= 15 is 0 Å². The van der Waals surface area contributed by atoms with Crippen LogP contribution in [0.5, 0.6) is 0 Å². The third-order valence-corrected chi connectivity index (χ3v) is 3.74. The number of aliphatic hydroxyl groups excluding tert-OH is 1. The maximum absolute atomic E-state index is 9.77. The predicted octanol–water partition coefficient (Wildman–Crippen LogP) is 3.22. The van der Waals surface area contributed by atoms with Crippen molar-refractivity contribution in [3.63, 3.8) is 0 Å². The van der Waals surface area contributed by atoms with Gasteiger partial charge in [-0.3, -0.25) is 0 Å². The standard InChI is InChI=1S/C14H20O/c1-10(2)12-4-6-13(7-5-12)14(8-9-14)11(3)15/h4-7,10-11,15H,8-9H2,1-3H3. The van der Waals surface area contributed by atoms with Crippen molar-refractivity contribution < 1.29 is 5.11 Å². The van der Waals surface area contributed by atoms with E-state index in [4.69, 9.17) is 0 Å². The highest BCUT2D eigenvalue weighted by Crippen LogP contribution is 2.50. The lowest BCUT2D eigenvalue weighted by molar-refractivity contribution is 0.150. The molecule has 82 valence electrons. The van der Waals surface area contributed by atoms with Crippen molar-refractivity contribution in [1.29, 1.82) is 0 Å². The monoisotopic (exact) mass is 204 g/mol. The molecule has 1 N–H and O–H groups in total. The Morgan fingerprint density at radius 1 is 1.07 bits per heavy atom. The highest BCUT2D eigenvalue weighted by Gasteiger charge is 2.48. The average molecular weight is 204 g/mol. The number of hydrogen-bond donors (Lipinski definition) is 1. The Labute approximate surface area is 92.1 Å². The maximum atomic E-state index is 9.77. The molecule has 0 bridgehead atoms. The Kier molecular flexibility index (Phi) is 2.59. The van der Waals surface area contributed by atoms with E-state index in [1.54, 1.807) is 0 Å². The van der Waals surface area contributed by atoms with Crippen molar-refractivity contribution >= 4 is 0 Å². The molecular weight excluding hydrogens is 184 g/mol. The van der Waals surface area contributed by atoms with E-state index in [-0.39, 0.29) is 11.5 Å². The minimum absolute atomic E-state index is 0.0789. The van der Waals surface area contributed by atoms with Crippen LogP contribution in [0.3, 0.4) is 0 Å². The lowest BCUT2D eigenvalue weighted by Crippen LogP contribution is -2.22. The van der Waals surface area contributed by atoms with Gasteiger partial charge in [-0.15, -0.1) is 0 Å². The fourth-order valence-electron chi connectivity index (χ4n) is 2.28. The summed E-state index contributed by atoms with van der Waals surface area (Å²) in [5, 5.41) is 9.77. The zero-order valence-corrected chi connectivity index (χ0v) is 9.83. The van der Waals surface area contributed by atoms with E-state index in [1.807, 2.05) is 6.92 Å². The number of hydrogen-bond acceptors (Lipinski definition) is 1. The summed E-state index contributed by atoms with van der Waals surface area (Å²) in [5.74, 6) is 0.584. The average Bonchev–Trinajstić information content (AvgIpc) is 2.98. The van der Waals surface area contributed by atoms with Gasteiger partial charge in [0.25, 0.3) is 0 Å². The van der Waals surface area contributed by atoms with E-state index in [0.29, 0.717) is 5.92 Å². The number of benzene rings is 1. The first kappa shape index (κ1) is 10.7. The molecule has 1 nitrogen and oxygen atoms in total. The van der Waals surface area contributed by atoms with Crippen molar-refractivity contribution in [3.05, 3.63) is 35.4 Å². The van der Waals surface area contributed by atoms with Crippen LogP contribution in [0.15, 0.2) is 24.3 Å². The normalized spacial score (nSPS) is 20.3. The van der Waals surface area contributed by atoms with Crippen LogP contribution in [-0.4, -0.2) is 11.2 Å². The molecule has 1 fully saturated rings. The molecule has 0 aliphatic heterocycles. The number of aliphatic hydroxyl groups is 1. The molecule has 0 spiro atoms. The molecule has 1 saturated carbocycles. The van der Waals surface area contributed by atoms with E-state index in [0.717, 1.165) is 12.8 Å². The molecule has 1 aromatic carbocycles. The lowest BCUT2D eigenvalue weighted by atomic mass is 9.89. The Balaban J connectivity index is 2.24. The van der Waals surface area contributed by atoms with Crippen LogP contribution in [0.4, 0.5) is 0 Å². The lowest BCUT2D eigenvalue weighted by Gasteiger charge is -2.19. The Hall–Kier alpha value is -0.820. The fourth-order valence-corrected chi connectivity index (χ4v) is 2.28. The van der Waals surface area contributed by atoms with Gasteiger partial charge in [-0.25, -0.2) is 0 Å². The summed E-state index contributed by atoms with van der Waals surface area (Å²) in [5.41, 5.74) is 2.76. The van der Waals surface area contributed by atoms with E-state index in [1.165, 1.54) is 11.1 Å². The second-order valence-corrected chi connectivity index (χ2v) is 5.11. The highest BCUT2D eigenvalue weighted by molar-refractivity contribution is 5.35. The summed E-state index contributed by atoms with van der Waals surface area (Å²) in [6.45, 7) is 6.32. The van der Waals surface area contributed by atoms with Crippen LogP contribution >= 0.6 is 0 Å². The second kappa shape index (κ2) is 3.64. The van der Waals surface area contributed by atoms with Crippen molar-refractivity contribution in [3.8, 4) is 0 Å². The highest BCUT2D eigenvalue weighted by atomic mass is 16.3. The molecule has 1 aromatic rings. The summed E-state index contributed by atoms with van der Waals surface area (Å²) in [6.07, 6.45) is 2.04. The molecule has 1 atom stereocenters. The van der Waals surface area contributed by atoms with Crippen LogP contribution in [0.25, 0.3) is 0 Å². The minimum atomic E-state index is -0.220. The Morgan fingerprint density at radius 2 is 1.60 bits per heavy atom. The van der Waals surface area contributed by atoms with Gasteiger partial charge >= 0.3 is 0 Å². The van der Waals surface area contributed by atoms with Crippen LogP contribution in [0.1, 0.15) is 50.7 Å². The summed E-state index contributed by atoms with van der Waals surface area (Å²) in [4.78, 5) is 0. The summed E-state index contributed by atoms with van der Waals surface area (Å²) in [6, 6.07) is 8.77. The molecule has 0 saturated heterocycles. The van der Waals surface area contributed by atoms with E-state index in [2.05, 4.69) is 38.1 Å². The molecule has 0 heterocycles. The quantitative estimate of drug-likeness (QED) is 0.801. The molecule has 0 aromatic heterocycles. The molecule has 1 aliphatic carbocycles. The van der Waals surface area contributed by atoms with Gasteiger partial charge in [0.05, 0.1) is 6.10 Å². The largest absolute Gasteiger partial charge is 0.392 e. The smallest absolute Gasteiger partial charge is 0.0608 e. The Morgan fingerprint density at radius 3 is 1.93 bits per heavy atom. The molecule has 1 aliphatic rings. The van der Waals surface area contributed by atoms with Gasteiger partial charge in [0.15, 0.2) is 0 Å². The Bertz CT molecular complexity index is 331. The molecule has 15 heavy (non-hydrogen) atoms. The fraction of sp³-hybridized carbons (Fsp3) is 0.571. The molecule has 2 rings (SSSR count). The summed E-state index contributed by atoms with van der Waals surface area (Å²) >= 11 is 0. The first-order valence-electron chi connectivity index (χ1n) is 5.85. The summed E-state index contributed by atoms with van der Waals surface area (Å²) < 4.78 is 0. The van der Waals surface area contributed by atoms with Crippen molar-refractivity contribution in [2.24, 2.45) is 0 Å². The zero-order chi connectivity index (χ0) is 11.1. The van der Waals surface area contributed by atoms with E-state index < -0.39 is 0 Å². The van der Waals surface area contributed by atoms with Crippen molar-refractivity contribution in [1.82, 2.24) is 0 Å². The molecule has 0 radical (unpaired) electrons. The maximum Gasteiger partial charge on any atom is 0.0608 e. The van der Waals surface area contributed by atoms with Gasteiger partial charge < -0.3 is 5.11 Å². The molecular formula is C14H20O. The van der Waals surface area contributed by atoms with Gasteiger partial charge in [-0.05, 0) is 36.8 Å². The number of rotatable bonds is 3. The van der Waals surface area contributed by atoms with Gasteiger partial charge in [0.2, 0.25) is 0 Å². The van der Waals surface area contributed by atoms with Crippen LogP contribution < -0.4 is 0 Å². The van der Waals surface area contributed by atoms with Crippen molar-refractivity contribution in [2.45, 2.75) is 51.0 Å². The first-order chi connectivity index (χ1) is 7.06.